The second-order valence-corrected chi connectivity index (χ2v) is 6.63. The topological polar surface area (TPSA) is 84.9 Å². The minimum Gasteiger partial charge on any atom is -0.493 e. The van der Waals surface area contributed by atoms with Gasteiger partial charge in [0.05, 0.1) is 19.4 Å². The summed E-state index contributed by atoms with van der Waals surface area (Å²) in [5.74, 6) is -0.460. The van der Waals surface area contributed by atoms with Gasteiger partial charge >= 0.3 is 6.03 Å². The molecule has 1 aliphatic rings. The first-order valence-electron chi connectivity index (χ1n) is 8.92. The largest absolute Gasteiger partial charge is 0.493 e. The number of anilines is 1. The number of barbiturate groups is 1. The Morgan fingerprint density at radius 2 is 1.79 bits per heavy atom. The third kappa shape index (κ3) is 4.41. The lowest BCUT2D eigenvalue weighted by molar-refractivity contribution is -0.122. The molecule has 1 heterocycles. The SMILES string of the molecule is CCCOc1ccc(/C=C2\C(=O)NC(=O)N(c3ccc(Cl)cc3)C2=O)cc1OC. The van der Waals surface area contributed by atoms with Crippen molar-refractivity contribution in [3.63, 3.8) is 0 Å². The molecule has 7 nitrogen and oxygen atoms in total. The van der Waals surface area contributed by atoms with E-state index in [1.54, 1.807) is 30.3 Å². The van der Waals surface area contributed by atoms with Gasteiger partial charge in [0.2, 0.25) is 0 Å². The molecule has 0 atom stereocenters. The predicted molar refractivity (Wildman–Crippen MR) is 109 cm³/mol. The van der Waals surface area contributed by atoms with Crippen molar-refractivity contribution in [1.29, 1.82) is 0 Å². The van der Waals surface area contributed by atoms with Gasteiger partial charge < -0.3 is 9.47 Å². The van der Waals surface area contributed by atoms with E-state index in [0.29, 0.717) is 34.4 Å². The van der Waals surface area contributed by atoms with Crippen LogP contribution in [0.5, 0.6) is 11.5 Å². The normalized spacial score (nSPS) is 15.5. The van der Waals surface area contributed by atoms with Gasteiger partial charge in [-0.3, -0.25) is 14.9 Å². The zero-order valence-electron chi connectivity index (χ0n) is 15.9. The van der Waals surface area contributed by atoms with Crippen LogP contribution in [0.25, 0.3) is 6.08 Å². The maximum atomic E-state index is 12.9. The molecule has 0 aromatic heterocycles. The quantitative estimate of drug-likeness (QED) is 0.574. The number of nitrogens with one attached hydrogen (secondary N) is 1. The third-order valence-electron chi connectivity index (χ3n) is 4.15. The van der Waals surface area contributed by atoms with Gasteiger partial charge in [-0.2, -0.15) is 0 Å². The van der Waals surface area contributed by atoms with Gasteiger partial charge in [0.1, 0.15) is 5.57 Å². The molecule has 0 bridgehead atoms. The van der Waals surface area contributed by atoms with Gasteiger partial charge in [-0.25, -0.2) is 9.69 Å². The number of amides is 4. The molecule has 2 aromatic rings. The van der Waals surface area contributed by atoms with Gasteiger partial charge in [-0.15, -0.1) is 0 Å². The van der Waals surface area contributed by atoms with Crippen molar-refractivity contribution in [2.75, 3.05) is 18.6 Å². The second kappa shape index (κ2) is 8.79. The number of benzene rings is 2. The first-order chi connectivity index (χ1) is 13.9. The summed E-state index contributed by atoms with van der Waals surface area (Å²) in [7, 11) is 1.50. The predicted octanol–water partition coefficient (Wildman–Crippen LogP) is 3.80. The summed E-state index contributed by atoms with van der Waals surface area (Å²) < 4.78 is 10.9. The number of carbonyl (C=O) groups excluding carboxylic acids is 3. The van der Waals surface area contributed by atoms with Crippen LogP contribution in [0.15, 0.2) is 48.0 Å². The summed E-state index contributed by atoms with van der Waals surface area (Å²) in [6.07, 6.45) is 2.25. The van der Waals surface area contributed by atoms with Crippen molar-refractivity contribution in [2.45, 2.75) is 13.3 Å². The van der Waals surface area contributed by atoms with E-state index >= 15 is 0 Å². The molecule has 150 valence electrons. The fourth-order valence-electron chi connectivity index (χ4n) is 2.75. The summed E-state index contributed by atoms with van der Waals surface area (Å²) in [4.78, 5) is 38.3. The highest BCUT2D eigenvalue weighted by atomic mass is 35.5. The van der Waals surface area contributed by atoms with Crippen LogP contribution in [-0.4, -0.2) is 31.6 Å². The number of carbonyl (C=O) groups is 3. The molecule has 0 spiro atoms. The van der Waals surface area contributed by atoms with Gasteiger partial charge in [-0.05, 0) is 54.5 Å². The molecular formula is C21H19ClN2O5. The van der Waals surface area contributed by atoms with Crippen LogP contribution < -0.4 is 19.7 Å². The second-order valence-electron chi connectivity index (χ2n) is 6.19. The first-order valence-corrected chi connectivity index (χ1v) is 9.30. The summed E-state index contributed by atoms with van der Waals surface area (Å²) >= 11 is 5.86. The Morgan fingerprint density at radius 1 is 1.07 bits per heavy atom. The Kier molecular flexibility index (Phi) is 6.19. The highest BCUT2D eigenvalue weighted by Crippen LogP contribution is 2.30. The molecule has 0 unspecified atom stereocenters. The van der Waals surface area contributed by atoms with E-state index in [9.17, 15) is 14.4 Å². The number of imide groups is 2. The van der Waals surface area contributed by atoms with Crippen LogP contribution in [0.4, 0.5) is 10.5 Å². The Morgan fingerprint density at radius 3 is 2.45 bits per heavy atom. The smallest absolute Gasteiger partial charge is 0.335 e. The molecule has 1 fully saturated rings. The summed E-state index contributed by atoms with van der Waals surface area (Å²) in [6.45, 7) is 2.53. The number of nitrogens with zero attached hydrogens (tertiary/aromatic N) is 1. The van der Waals surface area contributed by atoms with E-state index in [1.807, 2.05) is 6.92 Å². The van der Waals surface area contributed by atoms with Crippen LogP contribution in [-0.2, 0) is 9.59 Å². The van der Waals surface area contributed by atoms with Crippen molar-refractivity contribution in [3.8, 4) is 11.5 Å². The van der Waals surface area contributed by atoms with E-state index in [4.69, 9.17) is 21.1 Å². The number of methoxy groups -OCH3 is 1. The van der Waals surface area contributed by atoms with E-state index in [0.717, 1.165) is 11.3 Å². The van der Waals surface area contributed by atoms with Crippen LogP contribution in [0.2, 0.25) is 5.02 Å². The molecule has 0 radical (unpaired) electrons. The number of ether oxygens (including phenoxy) is 2. The Balaban J connectivity index is 1.95. The lowest BCUT2D eigenvalue weighted by Gasteiger charge is -2.26. The van der Waals surface area contributed by atoms with E-state index in [2.05, 4.69) is 5.32 Å². The standard InChI is InChI=1S/C21H19ClN2O5/c1-3-10-29-17-9-4-13(12-18(17)28-2)11-16-19(25)23-21(27)24(20(16)26)15-7-5-14(22)6-8-15/h4-9,11-12H,3,10H2,1-2H3,(H,23,25,27)/b16-11+. The molecule has 29 heavy (non-hydrogen) atoms. The Labute approximate surface area is 172 Å². The molecule has 2 aromatic carbocycles. The van der Waals surface area contributed by atoms with Gasteiger partial charge in [0.25, 0.3) is 11.8 Å². The fraction of sp³-hybridized carbons (Fsp3) is 0.190. The number of hydrogen-bond acceptors (Lipinski definition) is 5. The molecule has 0 aliphatic carbocycles. The van der Waals surface area contributed by atoms with Crippen molar-refractivity contribution < 1.29 is 23.9 Å². The molecule has 0 saturated carbocycles. The third-order valence-corrected chi connectivity index (χ3v) is 4.40. The number of rotatable bonds is 6. The zero-order chi connectivity index (χ0) is 21.0. The highest BCUT2D eigenvalue weighted by molar-refractivity contribution is 6.39. The summed E-state index contributed by atoms with van der Waals surface area (Å²) in [5.41, 5.74) is 0.676. The molecule has 1 aliphatic heterocycles. The lowest BCUT2D eigenvalue weighted by atomic mass is 10.1. The molecule has 1 saturated heterocycles. The Bertz CT molecular complexity index is 985. The highest BCUT2D eigenvalue weighted by Gasteiger charge is 2.36. The van der Waals surface area contributed by atoms with E-state index < -0.39 is 17.8 Å². The van der Waals surface area contributed by atoms with E-state index in [-0.39, 0.29) is 5.57 Å². The van der Waals surface area contributed by atoms with Crippen molar-refractivity contribution >= 4 is 41.2 Å². The average molecular weight is 415 g/mol. The number of urea groups is 1. The maximum absolute atomic E-state index is 12.9. The van der Waals surface area contributed by atoms with Crippen LogP contribution >= 0.6 is 11.6 Å². The van der Waals surface area contributed by atoms with Crippen LogP contribution in [0.3, 0.4) is 0 Å². The Hall–Kier alpha value is -3.32. The molecule has 1 N–H and O–H groups in total. The van der Waals surface area contributed by atoms with Gasteiger partial charge in [0, 0.05) is 5.02 Å². The van der Waals surface area contributed by atoms with Crippen molar-refractivity contribution in [3.05, 3.63) is 58.6 Å². The number of hydrogen-bond donors (Lipinski definition) is 1. The first kappa shape index (κ1) is 20.4. The summed E-state index contributed by atoms with van der Waals surface area (Å²) in [6, 6.07) is 10.4. The minimum absolute atomic E-state index is 0.177. The molecule has 4 amide bonds. The maximum Gasteiger partial charge on any atom is 0.335 e. The fourth-order valence-corrected chi connectivity index (χ4v) is 2.88. The van der Waals surface area contributed by atoms with Gasteiger partial charge in [-0.1, -0.05) is 24.6 Å². The molecular weight excluding hydrogens is 396 g/mol. The monoisotopic (exact) mass is 414 g/mol. The zero-order valence-corrected chi connectivity index (χ0v) is 16.7. The molecule has 3 rings (SSSR count). The summed E-state index contributed by atoms with van der Waals surface area (Å²) in [5, 5.41) is 2.64. The van der Waals surface area contributed by atoms with Gasteiger partial charge in [0.15, 0.2) is 11.5 Å². The average Bonchev–Trinajstić information content (AvgIpc) is 2.71. The van der Waals surface area contributed by atoms with Crippen LogP contribution in [0.1, 0.15) is 18.9 Å². The van der Waals surface area contributed by atoms with Crippen molar-refractivity contribution in [1.82, 2.24) is 5.32 Å². The number of halogens is 1. The minimum atomic E-state index is -0.819. The molecule has 8 heteroatoms. The lowest BCUT2D eigenvalue weighted by Crippen LogP contribution is -2.54. The van der Waals surface area contributed by atoms with Crippen LogP contribution in [0, 0.1) is 0 Å². The van der Waals surface area contributed by atoms with Crippen molar-refractivity contribution in [2.24, 2.45) is 0 Å². The van der Waals surface area contributed by atoms with E-state index in [1.165, 1.54) is 25.3 Å².